The van der Waals surface area contributed by atoms with Gasteiger partial charge in [0, 0.05) is 18.2 Å². The zero-order valence-electron chi connectivity index (χ0n) is 6.66. The third-order valence-electron chi connectivity index (χ3n) is 1.24. The monoisotopic (exact) mass is 173 g/mol. The maximum absolute atomic E-state index is 5.48. The third-order valence-corrected chi connectivity index (χ3v) is 1.24. The Balaban J connectivity index is 0.000001000. The Bertz CT molecular complexity index is 217. The van der Waals surface area contributed by atoms with E-state index in [0.29, 0.717) is 5.82 Å². The van der Waals surface area contributed by atoms with E-state index in [1.54, 1.807) is 6.07 Å². The summed E-state index contributed by atoms with van der Waals surface area (Å²) in [5.74, 6) is 1.38. The second-order valence-corrected chi connectivity index (χ2v) is 2.20. The van der Waals surface area contributed by atoms with Gasteiger partial charge in [0.15, 0.2) is 0 Å². The predicted octanol–water partition coefficient (Wildman–Crippen LogP) is 1.35. The van der Waals surface area contributed by atoms with Crippen LogP contribution in [0.3, 0.4) is 0 Å². The van der Waals surface area contributed by atoms with Gasteiger partial charge in [0.2, 0.25) is 0 Å². The lowest BCUT2D eigenvalue weighted by atomic mass is 10.4. The topological polar surface area (TPSA) is 51.8 Å². The van der Waals surface area contributed by atoms with Gasteiger partial charge >= 0.3 is 0 Å². The molecule has 1 aromatic rings. The largest absolute Gasteiger partial charge is 0.384 e. The SMILES string of the molecule is CCc1nc(C)cc(N)n1.Cl. The van der Waals surface area contributed by atoms with E-state index in [0.717, 1.165) is 17.9 Å². The summed E-state index contributed by atoms with van der Waals surface area (Å²) in [6.45, 7) is 3.92. The number of nitrogen functional groups attached to an aromatic ring is 1. The molecule has 0 unspecified atom stereocenters. The smallest absolute Gasteiger partial charge is 0.130 e. The number of hydrogen-bond donors (Lipinski definition) is 1. The lowest BCUT2D eigenvalue weighted by molar-refractivity contribution is 0.923. The molecule has 0 spiro atoms. The summed E-state index contributed by atoms with van der Waals surface area (Å²) in [5.41, 5.74) is 6.42. The molecular formula is C7H12ClN3. The number of nitrogens with two attached hydrogens (primary N) is 1. The van der Waals surface area contributed by atoms with E-state index in [-0.39, 0.29) is 12.4 Å². The van der Waals surface area contributed by atoms with Crippen LogP contribution in [0.25, 0.3) is 0 Å². The maximum Gasteiger partial charge on any atom is 0.130 e. The van der Waals surface area contributed by atoms with E-state index in [4.69, 9.17) is 5.73 Å². The van der Waals surface area contributed by atoms with Gasteiger partial charge in [-0.3, -0.25) is 0 Å². The third kappa shape index (κ3) is 2.72. The molecule has 0 radical (unpaired) electrons. The number of rotatable bonds is 1. The Labute approximate surface area is 72.5 Å². The van der Waals surface area contributed by atoms with Crippen LogP contribution in [-0.2, 0) is 6.42 Å². The van der Waals surface area contributed by atoms with Crippen molar-refractivity contribution < 1.29 is 0 Å². The van der Waals surface area contributed by atoms with E-state index in [2.05, 4.69) is 9.97 Å². The summed E-state index contributed by atoms with van der Waals surface area (Å²) in [5, 5.41) is 0. The first-order valence-electron chi connectivity index (χ1n) is 3.32. The lowest BCUT2D eigenvalue weighted by Crippen LogP contribution is -1.99. The van der Waals surface area contributed by atoms with Gasteiger partial charge in [-0.05, 0) is 6.92 Å². The van der Waals surface area contributed by atoms with Crippen molar-refractivity contribution in [1.82, 2.24) is 9.97 Å². The van der Waals surface area contributed by atoms with E-state index in [1.807, 2.05) is 13.8 Å². The fraction of sp³-hybridized carbons (Fsp3) is 0.429. The number of aryl methyl sites for hydroxylation is 2. The van der Waals surface area contributed by atoms with Crippen LogP contribution in [-0.4, -0.2) is 9.97 Å². The first-order chi connectivity index (χ1) is 4.72. The summed E-state index contributed by atoms with van der Waals surface area (Å²) < 4.78 is 0. The molecule has 1 rings (SSSR count). The van der Waals surface area contributed by atoms with Crippen LogP contribution in [0.1, 0.15) is 18.4 Å². The zero-order valence-corrected chi connectivity index (χ0v) is 7.48. The van der Waals surface area contributed by atoms with Crippen LogP contribution >= 0.6 is 12.4 Å². The minimum atomic E-state index is 0. The number of aromatic nitrogens is 2. The summed E-state index contributed by atoms with van der Waals surface area (Å²) >= 11 is 0. The van der Waals surface area contributed by atoms with E-state index in [1.165, 1.54) is 0 Å². The van der Waals surface area contributed by atoms with Crippen molar-refractivity contribution in [3.63, 3.8) is 0 Å². The molecular weight excluding hydrogens is 162 g/mol. The summed E-state index contributed by atoms with van der Waals surface area (Å²) in [4.78, 5) is 8.18. The van der Waals surface area contributed by atoms with Crippen molar-refractivity contribution in [3.05, 3.63) is 17.6 Å². The quantitative estimate of drug-likeness (QED) is 0.698. The highest BCUT2D eigenvalue weighted by Crippen LogP contribution is 2.01. The molecule has 1 aromatic heterocycles. The van der Waals surface area contributed by atoms with Crippen molar-refractivity contribution >= 4 is 18.2 Å². The number of hydrogen-bond acceptors (Lipinski definition) is 3. The van der Waals surface area contributed by atoms with Crippen LogP contribution in [0.15, 0.2) is 6.07 Å². The van der Waals surface area contributed by atoms with Gasteiger partial charge in [0.05, 0.1) is 0 Å². The Kier molecular flexibility index (Phi) is 3.82. The molecule has 2 N–H and O–H groups in total. The van der Waals surface area contributed by atoms with Crippen LogP contribution in [0.4, 0.5) is 5.82 Å². The second-order valence-electron chi connectivity index (χ2n) is 2.20. The van der Waals surface area contributed by atoms with Gasteiger partial charge in [0.25, 0.3) is 0 Å². The van der Waals surface area contributed by atoms with Crippen molar-refractivity contribution in [2.75, 3.05) is 5.73 Å². The van der Waals surface area contributed by atoms with Crippen molar-refractivity contribution in [1.29, 1.82) is 0 Å². The molecule has 0 amide bonds. The highest BCUT2D eigenvalue weighted by molar-refractivity contribution is 5.85. The average Bonchev–Trinajstić information content (AvgIpc) is 1.85. The minimum absolute atomic E-state index is 0. The van der Waals surface area contributed by atoms with E-state index >= 15 is 0 Å². The molecule has 4 heteroatoms. The zero-order chi connectivity index (χ0) is 7.56. The molecule has 0 saturated carbocycles. The first kappa shape index (κ1) is 10.2. The van der Waals surface area contributed by atoms with Crippen LogP contribution in [0.5, 0.6) is 0 Å². The van der Waals surface area contributed by atoms with Crippen molar-refractivity contribution in [3.8, 4) is 0 Å². The van der Waals surface area contributed by atoms with Crippen LogP contribution in [0, 0.1) is 6.92 Å². The van der Waals surface area contributed by atoms with Gasteiger partial charge in [-0.1, -0.05) is 6.92 Å². The Morgan fingerprint density at radius 3 is 2.55 bits per heavy atom. The lowest BCUT2D eigenvalue weighted by Gasteiger charge is -1.98. The van der Waals surface area contributed by atoms with Gasteiger partial charge in [0.1, 0.15) is 11.6 Å². The molecule has 3 nitrogen and oxygen atoms in total. The Morgan fingerprint density at radius 1 is 1.45 bits per heavy atom. The molecule has 62 valence electrons. The number of halogens is 1. The molecule has 1 heterocycles. The summed E-state index contributed by atoms with van der Waals surface area (Å²) in [6.07, 6.45) is 0.839. The molecule has 0 aromatic carbocycles. The van der Waals surface area contributed by atoms with Gasteiger partial charge < -0.3 is 5.73 Å². The van der Waals surface area contributed by atoms with Crippen molar-refractivity contribution in [2.45, 2.75) is 20.3 Å². The molecule has 0 bridgehead atoms. The van der Waals surface area contributed by atoms with Crippen LogP contribution < -0.4 is 5.73 Å². The molecule has 0 aliphatic heterocycles. The molecule has 0 saturated heterocycles. The molecule has 0 aliphatic rings. The molecule has 0 atom stereocenters. The van der Waals surface area contributed by atoms with Gasteiger partial charge in [-0.2, -0.15) is 0 Å². The standard InChI is InChI=1S/C7H11N3.ClH/c1-3-7-9-5(2)4-6(8)10-7;/h4H,3H2,1-2H3,(H2,8,9,10);1H. The predicted molar refractivity (Wildman–Crippen MR) is 47.8 cm³/mol. The Hall–Kier alpha value is -0.830. The second kappa shape index (κ2) is 4.13. The van der Waals surface area contributed by atoms with E-state index in [9.17, 15) is 0 Å². The maximum atomic E-state index is 5.48. The minimum Gasteiger partial charge on any atom is -0.384 e. The number of anilines is 1. The first-order valence-corrected chi connectivity index (χ1v) is 3.32. The molecule has 0 fully saturated rings. The average molecular weight is 174 g/mol. The van der Waals surface area contributed by atoms with Gasteiger partial charge in [-0.25, -0.2) is 9.97 Å². The fourth-order valence-corrected chi connectivity index (χ4v) is 0.814. The molecule has 0 aliphatic carbocycles. The number of nitrogens with zero attached hydrogens (tertiary/aromatic N) is 2. The van der Waals surface area contributed by atoms with Crippen LogP contribution in [0.2, 0.25) is 0 Å². The highest BCUT2D eigenvalue weighted by Gasteiger charge is 1.94. The highest BCUT2D eigenvalue weighted by atomic mass is 35.5. The normalized spacial score (nSPS) is 8.91. The van der Waals surface area contributed by atoms with Crippen molar-refractivity contribution in [2.24, 2.45) is 0 Å². The Morgan fingerprint density at radius 2 is 2.09 bits per heavy atom. The summed E-state index contributed by atoms with van der Waals surface area (Å²) in [6, 6.07) is 1.76. The summed E-state index contributed by atoms with van der Waals surface area (Å²) in [7, 11) is 0. The van der Waals surface area contributed by atoms with Gasteiger partial charge in [-0.15, -0.1) is 12.4 Å². The fourth-order valence-electron chi connectivity index (χ4n) is 0.814. The molecule has 11 heavy (non-hydrogen) atoms. The van der Waals surface area contributed by atoms with E-state index < -0.39 is 0 Å².